The number of hydrogen-bond acceptors (Lipinski definition) is 4. The van der Waals surface area contributed by atoms with Gasteiger partial charge in [0.1, 0.15) is 0 Å². The van der Waals surface area contributed by atoms with Crippen molar-refractivity contribution in [2.75, 3.05) is 18.6 Å². The quantitative estimate of drug-likeness (QED) is 0.842. The molecule has 1 atom stereocenters. The molecular weight excluding hydrogens is 310 g/mol. The van der Waals surface area contributed by atoms with Crippen LogP contribution in [0.5, 0.6) is 0 Å². The minimum Gasteiger partial charge on any atom is -0.368 e. The lowest BCUT2D eigenvalue weighted by atomic mass is 10.3. The Kier molecular flexibility index (Phi) is 5.35. The van der Waals surface area contributed by atoms with E-state index < -0.39 is 0 Å². The van der Waals surface area contributed by atoms with Gasteiger partial charge in [-0.25, -0.2) is 0 Å². The molecule has 0 fully saturated rings. The second-order valence-electron chi connectivity index (χ2n) is 5.61. The third-order valence-corrected chi connectivity index (χ3v) is 4.45. The van der Waals surface area contributed by atoms with Crippen molar-refractivity contribution in [1.29, 1.82) is 0 Å². The largest absolute Gasteiger partial charge is 0.368 e. The van der Waals surface area contributed by atoms with Crippen LogP contribution in [0.15, 0.2) is 42.7 Å². The summed E-state index contributed by atoms with van der Waals surface area (Å²) in [6, 6.07) is 9.89. The first kappa shape index (κ1) is 16.1. The zero-order chi connectivity index (χ0) is 16.1. The average Bonchev–Trinajstić information content (AvgIpc) is 2.92. The van der Waals surface area contributed by atoms with E-state index in [-0.39, 0.29) is 12.0 Å². The number of carbonyl (C=O) groups excluding carboxylic acids is 1. The van der Waals surface area contributed by atoms with Crippen molar-refractivity contribution >= 4 is 17.7 Å². The number of nitrogens with zero attached hydrogens (tertiary/aromatic N) is 3. The van der Waals surface area contributed by atoms with Gasteiger partial charge in [-0.15, -0.1) is 0 Å². The standard InChI is InChI=1S/C17H21N3O2S/c1-23-13-17(21)20-9-15-6-4-8-19(15)10-16(11-20)22-12-14-5-2-3-7-18-14/h2-8,16H,9-13H2,1H3. The molecule has 0 saturated heterocycles. The second-order valence-corrected chi connectivity index (χ2v) is 6.48. The molecule has 122 valence electrons. The molecule has 1 aliphatic heterocycles. The number of aromatic nitrogens is 2. The molecule has 2 aromatic heterocycles. The van der Waals surface area contributed by atoms with Gasteiger partial charge in [-0.1, -0.05) is 6.07 Å². The van der Waals surface area contributed by atoms with E-state index in [0.717, 1.165) is 17.9 Å². The lowest BCUT2D eigenvalue weighted by Crippen LogP contribution is -2.38. The van der Waals surface area contributed by atoms with Crippen molar-refractivity contribution in [3.8, 4) is 0 Å². The summed E-state index contributed by atoms with van der Waals surface area (Å²) >= 11 is 1.56. The Labute approximate surface area is 140 Å². The van der Waals surface area contributed by atoms with Crippen LogP contribution in [-0.4, -0.2) is 45.0 Å². The Balaban J connectivity index is 1.70. The lowest BCUT2D eigenvalue weighted by Gasteiger charge is -2.24. The van der Waals surface area contributed by atoms with E-state index in [1.165, 1.54) is 0 Å². The Morgan fingerprint density at radius 2 is 2.26 bits per heavy atom. The van der Waals surface area contributed by atoms with Crippen LogP contribution in [0.4, 0.5) is 0 Å². The predicted octanol–water partition coefficient (Wildman–Crippen LogP) is 2.17. The van der Waals surface area contributed by atoms with Crippen LogP contribution in [0.1, 0.15) is 11.4 Å². The van der Waals surface area contributed by atoms with E-state index >= 15 is 0 Å². The van der Waals surface area contributed by atoms with E-state index in [9.17, 15) is 4.79 Å². The Morgan fingerprint density at radius 1 is 1.35 bits per heavy atom. The molecule has 23 heavy (non-hydrogen) atoms. The van der Waals surface area contributed by atoms with Crippen LogP contribution in [0.2, 0.25) is 0 Å². The third kappa shape index (κ3) is 4.14. The SMILES string of the molecule is CSCC(=O)N1Cc2cccn2CC(OCc2ccccn2)C1. The van der Waals surface area contributed by atoms with Gasteiger partial charge >= 0.3 is 0 Å². The summed E-state index contributed by atoms with van der Waals surface area (Å²) in [7, 11) is 0. The molecule has 6 heteroatoms. The molecule has 0 radical (unpaired) electrons. The lowest BCUT2D eigenvalue weighted by molar-refractivity contribution is -0.131. The maximum atomic E-state index is 12.3. The van der Waals surface area contributed by atoms with Gasteiger partial charge in [0.25, 0.3) is 0 Å². The third-order valence-electron chi connectivity index (χ3n) is 3.91. The molecule has 1 amide bonds. The summed E-state index contributed by atoms with van der Waals surface area (Å²) in [6.07, 6.45) is 5.74. The van der Waals surface area contributed by atoms with Gasteiger partial charge in [-0.3, -0.25) is 9.78 Å². The number of rotatable bonds is 5. The molecule has 2 aromatic rings. The molecule has 5 nitrogen and oxygen atoms in total. The van der Waals surface area contributed by atoms with Gasteiger partial charge in [0, 0.05) is 24.6 Å². The molecule has 1 unspecified atom stereocenters. The minimum absolute atomic E-state index is 0.0311. The Bertz CT molecular complexity index is 644. The number of ether oxygens (including phenoxy) is 1. The zero-order valence-electron chi connectivity index (χ0n) is 13.2. The molecule has 0 saturated carbocycles. The fourth-order valence-corrected chi connectivity index (χ4v) is 3.18. The monoisotopic (exact) mass is 331 g/mol. The molecule has 0 aromatic carbocycles. The van der Waals surface area contributed by atoms with Crippen molar-refractivity contribution in [3.63, 3.8) is 0 Å². The van der Waals surface area contributed by atoms with Crippen LogP contribution in [0.3, 0.4) is 0 Å². The van der Waals surface area contributed by atoms with E-state index in [4.69, 9.17) is 4.74 Å². The van der Waals surface area contributed by atoms with Gasteiger partial charge in [0.05, 0.1) is 37.2 Å². The topological polar surface area (TPSA) is 47.4 Å². The second kappa shape index (κ2) is 7.66. The molecule has 3 rings (SSSR count). The van der Waals surface area contributed by atoms with Crippen molar-refractivity contribution < 1.29 is 9.53 Å². The molecule has 3 heterocycles. The molecule has 1 aliphatic rings. The fourth-order valence-electron chi connectivity index (χ4n) is 2.75. The number of hydrogen-bond donors (Lipinski definition) is 0. The number of carbonyl (C=O) groups is 1. The van der Waals surface area contributed by atoms with Gasteiger partial charge < -0.3 is 14.2 Å². The van der Waals surface area contributed by atoms with E-state index in [1.807, 2.05) is 35.4 Å². The van der Waals surface area contributed by atoms with Crippen molar-refractivity contribution in [3.05, 3.63) is 54.1 Å². The smallest absolute Gasteiger partial charge is 0.232 e. The summed E-state index contributed by atoms with van der Waals surface area (Å²) in [5.41, 5.74) is 2.06. The highest BCUT2D eigenvalue weighted by Gasteiger charge is 2.25. The highest BCUT2D eigenvalue weighted by molar-refractivity contribution is 7.99. The Hall–Kier alpha value is -1.79. The molecule has 0 N–H and O–H groups in total. The first-order valence-corrected chi connectivity index (χ1v) is 9.08. The summed E-state index contributed by atoms with van der Waals surface area (Å²) < 4.78 is 8.23. The van der Waals surface area contributed by atoms with E-state index in [0.29, 0.717) is 25.4 Å². The maximum Gasteiger partial charge on any atom is 0.232 e. The molecular formula is C17H21N3O2S. The summed E-state index contributed by atoms with van der Waals surface area (Å²) in [5.74, 6) is 0.673. The van der Waals surface area contributed by atoms with Crippen LogP contribution in [0.25, 0.3) is 0 Å². The molecule has 0 aliphatic carbocycles. The van der Waals surface area contributed by atoms with Crippen molar-refractivity contribution in [2.45, 2.75) is 25.8 Å². The maximum absolute atomic E-state index is 12.3. The van der Waals surface area contributed by atoms with Crippen molar-refractivity contribution in [2.24, 2.45) is 0 Å². The highest BCUT2D eigenvalue weighted by Crippen LogP contribution is 2.17. The van der Waals surface area contributed by atoms with Crippen LogP contribution >= 0.6 is 11.8 Å². The van der Waals surface area contributed by atoms with Gasteiger partial charge in [0.2, 0.25) is 5.91 Å². The van der Waals surface area contributed by atoms with E-state index in [1.54, 1.807) is 18.0 Å². The van der Waals surface area contributed by atoms with Crippen LogP contribution in [-0.2, 0) is 29.2 Å². The van der Waals surface area contributed by atoms with E-state index in [2.05, 4.69) is 21.8 Å². The van der Waals surface area contributed by atoms with Gasteiger partial charge in [-0.05, 0) is 30.5 Å². The summed E-state index contributed by atoms with van der Waals surface area (Å²) in [6.45, 7) is 2.49. The summed E-state index contributed by atoms with van der Waals surface area (Å²) in [5, 5.41) is 0. The number of thioether (sulfide) groups is 1. The number of pyridine rings is 1. The fraction of sp³-hybridized carbons (Fsp3) is 0.412. The normalized spacial score (nSPS) is 17.6. The number of amides is 1. The molecule has 0 spiro atoms. The van der Waals surface area contributed by atoms with Crippen LogP contribution < -0.4 is 0 Å². The first-order valence-electron chi connectivity index (χ1n) is 7.68. The summed E-state index contributed by atoms with van der Waals surface area (Å²) in [4.78, 5) is 18.5. The minimum atomic E-state index is -0.0311. The first-order chi connectivity index (χ1) is 11.3. The zero-order valence-corrected chi connectivity index (χ0v) is 14.0. The van der Waals surface area contributed by atoms with Crippen molar-refractivity contribution in [1.82, 2.24) is 14.5 Å². The average molecular weight is 331 g/mol. The van der Waals surface area contributed by atoms with Crippen LogP contribution in [0, 0.1) is 0 Å². The highest BCUT2D eigenvalue weighted by atomic mass is 32.2. The Morgan fingerprint density at radius 3 is 3.04 bits per heavy atom. The number of fused-ring (bicyclic) bond motifs is 1. The van der Waals surface area contributed by atoms with Gasteiger partial charge in [-0.2, -0.15) is 11.8 Å². The molecule has 0 bridgehead atoms. The van der Waals surface area contributed by atoms with Gasteiger partial charge in [0.15, 0.2) is 0 Å². The predicted molar refractivity (Wildman–Crippen MR) is 91.0 cm³/mol.